The van der Waals surface area contributed by atoms with Gasteiger partial charge in [0, 0.05) is 9.77 Å². The van der Waals surface area contributed by atoms with E-state index < -0.39 is 0 Å². The number of nitrogens with zero attached hydrogens (tertiary/aromatic N) is 1. The normalized spacial score (nSPS) is 9.30. The van der Waals surface area contributed by atoms with Crippen LogP contribution in [-0.2, 0) is 0 Å². The molecule has 0 aliphatic heterocycles. The monoisotopic (exact) mass is 247 g/mol. The molecule has 0 spiro atoms. The summed E-state index contributed by atoms with van der Waals surface area (Å²) in [6, 6.07) is 3.62. The van der Waals surface area contributed by atoms with Crippen LogP contribution in [0.25, 0.3) is 0 Å². The van der Waals surface area contributed by atoms with E-state index in [9.17, 15) is 0 Å². The van der Waals surface area contributed by atoms with E-state index in [-0.39, 0.29) is 5.84 Å². The minimum atomic E-state index is 0.0125. The molecular weight excluding hydrogens is 241 g/mol. The largest absolute Gasteiger partial charge is 0.382 e. The van der Waals surface area contributed by atoms with E-state index in [1.165, 1.54) is 0 Å². The summed E-state index contributed by atoms with van der Waals surface area (Å²) in [4.78, 5) is 3.88. The zero-order valence-corrected chi connectivity index (χ0v) is 7.29. The molecule has 52 valence electrons. The van der Waals surface area contributed by atoms with Crippen LogP contribution >= 0.6 is 22.6 Å². The lowest BCUT2D eigenvalue weighted by Gasteiger charge is -1.95. The molecule has 1 aromatic heterocycles. The molecular formula is C6H6IN3. The van der Waals surface area contributed by atoms with E-state index in [1.54, 1.807) is 12.3 Å². The lowest BCUT2D eigenvalue weighted by molar-refractivity contribution is 1.25. The summed E-state index contributed by atoms with van der Waals surface area (Å²) in [6.07, 6.45) is 1.64. The number of amidine groups is 1. The maximum atomic E-state index is 7.04. The fourth-order valence-corrected chi connectivity index (χ4v) is 1.01. The number of hydrogen-bond acceptors (Lipinski definition) is 2. The maximum Gasteiger partial charge on any atom is 0.141 e. The van der Waals surface area contributed by atoms with Crippen molar-refractivity contribution in [1.82, 2.24) is 4.98 Å². The number of halogens is 1. The fraction of sp³-hybridized carbons (Fsp3) is 0. The number of pyridine rings is 1. The average molecular weight is 247 g/mol. The predicted octanol–water partition coefficient (Wildman–Crippen LogP) is 0.970. The molecule has 1 aromatic rings. The summed E-state index contributed by atoms with van der Waals surface area (Å²) in [7, 11) is 0. The second-order valence-corrected chi connectivity index (χ2v) is 3.02. The van der Waals surface area contributed by atoms with E-state index in [4.69, 9.17) is 11.1 Å². The molecule has 0 saturated carbocycles. The topological polar surface area (TPSA) is 62.8 Å². The summed E-state index contributed by atoms with van der Waals surface area (Å²) in [5, 5.41) is 7.04. The molecule has 0 aliphatic carbocycles. The lowest BCUT2D eigenvalue weighted by Crippen LogP contribution is -2.12. The number of nitrogen functional groups attached to an aromatic ring is 1. The van der Waals surface area contributed by atoms with E-state index >= 15 is 0 Å². The molecule has 0 unspecified atom stereocenters. The van der Waals surface area contributed by atoms with Crippen LogP contribution in [0, 0.1) is 8.98 Å². The molecule has 0 aliphatic rings. The molecule has 0 amide bonds. The number of rotatable bonds is 1. The zero-order valence-electron chi connectivity index (χ0n) is 5.13. The molecule has 0 fully saturated rings. The first-order chi connectivity index (χ1) is 4.70. The molecule has 0 saturated heterocycles. The van der Waals surface area contributed by atoms with Crippen LogP contribution < -0.4 is 5.73 Å². The van der Waals surface area contributed by atoms with Gasteiger partial charge in [0.05, 0.1) is 0 Å². The van der Waals surface area contributed by atoms with Gasteiger partial charge in [-0.25, -0.2) is 0 Å². The van der Waals surface area contributed by atoms with Crippen molar-refractivity contribution in [3.8, 4) is 0 Å². The second-order valence-electron chi connectivity index (χ2n) is 1.77. The standard InChI is InChI=1S/C6H6IN3/c7-4-1-2-10-5(3-4)6(8)9/h1-3H,(H3,8,9). The van der Waals surface area contributed by atoms with Gasteiger partial charge in [0.2, 0.25) is 0 Å². The van der Waals surface area contributed by atoms with E-state index in [0.717, 1.165) is 3.57 Å². The number of nitrogens with one attached hydrogen (secondary N) is 1. The van der Waals surface area contributed by atoms with Gasteiger partial charge in [-0.1, -0.05) is 0 Å². The van der Waals surface area contributed by atoms with Crippen molar-refractivity contribution in [3.63, 3.8) is 0 Å². The molecule has 10 heavy (non-hydrogen) atoms. The SMILES string of the molecule is N=C(N)c1cc(I)ccn1. The third kappa shape index (κ3) is 1.66. The molecule has 3 N–H and O–H groups in total. The Morgan fingerprint density at radius 1 is 1.70 bits per heavy atom. The summed E-state index contributed by atoms with van der Waals surface area (Å²) >= 11 is 2.15. The predicted molar refractivity (Wildman–Crippen MR) is 48.0 cm³/mol. The van der Waals surface area contributed by atoms with Gasteiger partial charge in [0.15, 0.2) is 0 Å². The Labute approximate surface area is 72.3 Å². The van der Waals surface area contributed by atoms with Crippen LogP contribution in [0.2, 0.25) is 0 Å². The number of nitrogens with two attached hydrogens (primary N) is 1. The van der Waals surface area contributed by atoms with E-state index in [0.29, 0.717) is 5.69 Å². The van der Waals surface area contributed by atoms with E-state index in [2.05, 4.69) is 27.6 Å². The van der Waals surface area contributed by atoms with Crippen molar-refractivity contribution in [3.05, 3.63) is 27.6 Å². The minimum absolute atomic E-state index is 0.0125. The van der Waals surface area contributed by atoms with Gasteiger partial charge in [0.25, 0.3) is 0 Å². The Hall–Kier alpha value is -0.650. The maximum absolute atomic E-state index is 7.04. The van der Waals surface area contributed by atoms with Crippen molar-refractivity contribution in [2.24, 2.45) is 5.73 Å². The quantitative estimate of drug-likeness (QED) is 0.441. The van der Waals surface area contributed by atoms with Gasteiger partial charge >= 0.3 is 0 Å². The summed E-state index contributed by atoms with van der Waals surface area (Å²) in [6.45, 7) is 0. The first-order valence-electron chi connectivity index (χ1n) is 2.66. The Morgan fingerprint density at radius 3 is 2.80 bits per heavy atom. The second kappa shape index (κ2) is 2.96. The van der Waals surface area contributed by atoms with Crippen molar-refractivity contribution in [1.29, 1.82) is 5.41 Å². The summed E-state index contributed by atoms with van der Waals surface area (Å²) in [5.41, 5.74) is 5.73. The van der Waals surface area contributed by atoms with E-state index in [1.807, 2.05) is 6.07 Å². The Bertz CT molecular complexity index is 259. The lowest BCUT2D eigenvalue weighted by atomic mass is 10.3. The Kier molecular flexibility index (Phi) is 2.21. The number of hydrogen-bond donors (Lipinski definition) is 2. The molecule has 4 heteroatoms. The van der Waals surface area contributed by atoms with Gasteiger partial charge in [-0.2, -0.15) is 0 Å². The van der Waals surface area contributed by atoms with Gasteiger partial charge in [-0.05, 0) is 34.7 Å². The van der Waals surface area contributed by atoms with Gasteiger partial charge in [-0.15, -0.1) is 0 Å². The van der Waals surface area contributed by atoms with Crippen LogP contribution in [0.1, 0.15) is 5.69 Å². The Morgan fingerprint density at radius 2 is 2.40 bits per heavy atom. The highest BCUT2D eigenvalue weighted by Crippen LogP contribution is 2.03. The van der Waals surface area contributed by atoms with Crippen molar-refractivity contribution in [2.45, 2.75) is 0 Å². The first kappa shape index (κ1) is 7.46. The third-order valence-corrected chi connectivity index (χ3v) is 1.67. The van der Waals surface area contributed by atoms with Crippen LogP contribution in [-0.4, -0.2) is 10.8 Å². The molecule has 0 aromatic carbocycles. The number of aromatic nitrogens is 1. The highest BCUT2D eigenvalue weighted by Gasteiger charge is 1.95. The third-order valence-electron chi connectivity index (χ3n) is 0.998. The minimum Gasteiger partial charge on any atom is -0.382 e. The smallest absolute Gasteiger partial charge is 0.141 e. The van der Waals surface area contributed by atoms with Crippen LogP contribution in [0.3, 0.4) is 0 Å². The van der Waals surface area contributed by atoms with Gasteiger partial charge < -0.3 is 5.73 Å². The van der Waals surface area contributed by atoms with Crippen LogP contribution in [0.4, 0.5) is 0 Å². The van der Waals surface area contributed by atoms with Gasteiger partial charge in [0.1, 0.15) is 11.5 Å². The van der Waals surface area contributed by atoms with Crippen molar-refractivity contribution < 1.29 is 0 Å². The van der Waals surface area contributed by atoms with Crippen LogP contribution in [0.5, 0.6) is 0 Å². The molecule has 0 bridgehead atoms. The van der Waals surface area contributed by atoms with Crippen LogP contribution in [0.15, 0.2) is 18.3 Å². The molecule has 0 atom stereocenters. The average Bonchev–Trinajstić information content (AvgIpc) is 1.88. The van der Waals surface area contributed by atoms with Crippen molar-refractivity contribution in [2.75, 3.05) is 0 Å². The Balaban J connectivity index is 3.07. The van der Waals surface area contributed by atoms with Gasteiger partial charge in [-0.3, -0.25) is 10.4 Å². The molecule has 0 radical (unpaired) electrons. The summed E-state index contributed by atoms with van der Waals surface area (Å²) < 4.78 is 1.04. The van der Waals surface area contributed by atoms with Crippen molar-refractivity contribution >= 4 is 28.4 Å². The highest BCUT2D eigenvalue weighted by atomic mass is 127. The molecule has 1 rings (SSSR count). The fourth-order valence-electron chi connectivity index (χ4n) is 0.552. The molecule has 1 heterocycles. The first-order valence-corrected chi connectivity index (χ1v) is 3.74. The highest BCUT2D eigenvalue weighted by molar-refractivity contribution is 14.1. The summed E-state index contributed by atoms with van der Waals surface area (Å²) in [5.74, 6) is 0.0125. The zero-order chi connectivity index (χ0) is 7.56. The molecule has 3 nitrogen and oxygen atoms in total.